The first-order valence-corrected chi connectivity index (χ1v) is 9.98. The predicted molar refractivity (Wildman–Crippen MR) is 110 cm³/mol. The van der Waals surface area contributed by atoms with Gasteiger partial charge in [0.15, 0.2) is 6.61 Å². The minimum atomic E-state index is -4.52. The van der Waals surface area contributed by atoms with Crippen LogP contribution in [0.1, 0.15) is 18.5 Å². The van der Waals surface area contributed by atoms with E-state index in [1.54, 1.807) is 6.07 Å². The molecule has 2 heterocycles. The average molecular weight is 430 g/mol. The average Bonchev–Trinajstić information content (AvgIpc) is 3.29. The molecule has 1 aliphatic heterocycles. The molecule has 1 fully saturated rings. The lowest BCUT2D eigenvalue weighted by Gasteiger charge is -2.16. The molecule has 0 saturated carbocycles. The number of hydrogen-bond acceptors (Lipinski definition) is 4. The summed E-state index contributed by atoms with van der Waals surface area (Å²) in [5.74, 6) is 0.104. The normalized spacial score (nSPS) is 16.4. The minimum Gasteiger partial charge on any atom is -0.483 e. The summed E-state index contributed by atoms with van der Waals surface area (Å²) in [6, 6.07) is 13.3. The van der Waals surface area contributed by atoms with Crippen LogP contribution in [0.5, 0.6) is 5.75 Å². The highest BCUT2D eigenvalue weighted by molar-refractivity contribution is 5.99. The molecule has 1 atom stereocenters. The largest absolute Gasteiger partial charge is 0.483 e. The highest BCUT2D eigenvalue weighted by atomic mass is 19.4. The van der Waals surface area contributed by atoms with E-state index in [4.69, 9.17) is 9.47 Å². The van der Waals surface area contributed by atoms with Gasteiger partial charge < -0.3 is 14.8 Å². The molecule has 3 aromatic rings. The molecule has 0 radical (unpaired) electrons. The maximum Gasteiger partial charge on any atom is 0.433 e. The summed E-state index contributed by atoms with van der Waals surface area (Å²) in [4.78, 5) is 15.8. The van der Waals surface area contributed by atoms with Crippen molar-refractivity contribution in [2.45, 2.75) is 25.1 Å². The molecular formula is C23H21F3N2O3. The Hall–Kier alpha value is -3.13. The molecule has 2 aromatic carbocycles. The van der Waals surface area contributed by atoms with Crippen LogP contribution in [-0.4, -0.2) is 36.8 Å². The predicted octanol–water partition coefficient (Wildman–Crippen LogP) is 4.59. The Balaban J connectivity index is 1.57. The van der Waals surface area contributed by atoms with Crippen molar-refractivity contribution in [2.24, 2.45) is 0 Å². The number of fused-ring (bicyclic) bond motifs is 1. The Morgan fingerprint density at radius 2 is 2.00 bits per heavy atom. The molecule has 4 rings (SSSR count). The van der Waals surface area contributed by atoms with E-state index in [1.807, 2.05) is 30.3 Å². The van der Waals surface area contributed by atoms with E-state index in [1.165, 1.54) is 12.3 Å². The van der Waals surface area contributed by atoms with Gasteiger partial charge in [-0.25, -0.2) is 0 Å². The van der Waals surface area contributed by atoms with Gasteiger partial charge in [-0.3, -0.25) is 9.78 Å². The molecule has 0 aliphatic carbocycles. The Morgan fingerprint density at radius 3 is 2.71 bits per heavy atom. The number of pyridine rings is 1. The van der Waals surface area contributed by atoms with Crippen molar-refractivity contribution in [1.82, 2.24) is 10.3 Å². The molecule has 1 saturated heterocycles. The Bertz CT molecular complexity index is 1060. The van der Waals surface area contributed by atoms with Crippen molar-refractivity contribution in [1.29, 1.82) is 0 Å². The van der Waals surface area contributed by atoms with E-state index in [2.05, 4.69) is 10.3 Å². The molecule has 8 heteroatoms. The highest BCUT2D eigenvalue weighted by Gasteiger charge is 2.32. The number of rotatable bonds is 6. The van der Waals surface area contributed by atoms with Gasteiger partial charge in [0.2, 0.25) is 0 Å². The van der Waals surface area contributed by atoms with E-state index in [0.29, 0.717) is 30.0 Å². The number of benzene rings is 2. The molecule has 0 spiro atoms. The molecule has 1 aromatic heterocycles. The number of aromatic nitrogens is 1. The maximum absolute atomic E-state index is 12.9. The third-order valence-corrected chi connectivity index (χ3v) is 5.14. The molecule has 1 amide bonds. The molecule has 1 unspecified atom stereocenters. The second-order valence-electron chi connectivity index (χ2n) is 7.32. The van der Waals surface area contributed by atoms with Gasteiger partial charge in [-0.1, -0.05) is 36.4 Å². The zero-order chi connectivity index (χ0) is 21.8. The molecule has 1 aliphatic rings. The van der Waals surface area contributed by atoms with E-state index in [0.717, 1.165) is 29.7 Å². The number of ether oxygens (including phenoxy) is 2. The van der Waals surface area contributed by atoms with Gasteiger partial charge in [-0.15, -0.1) is 0 Å². The first kappa shape index (κ1) is 21.1. The topological polar surface area (TPSA) is 60.5 Å². The monoisotopic (exact) mass is 430 g/mol. The molecule has 162 valence electrons. The summed E-state index contributed by atoms with van der Waals surface area (Å²) in [5.41, 5.74) is 0.0956. The lowest BCUT2D eigenvalue weighted by molar-refractivity contribution is -0.141. The van der Waals surface area contributed by atoms with Gasteiger partial charge in [-0.05, 0) is 35.7 Å². The quantitative estimate of drug-likeness (QED) is 0.621. The highest BCUT2D eigenvalue weighted by Crippen LogP contribution is 2.38. The number of alkyl halides is 3. The van der Waals surface area contributed by atoms with Crippen molar-refractivity contribution >= 4 is 16.7 Å². The second-order valence-corrected chi connectivity index (χ2v) is 7.32. The Morgan fingerprint density at radius 1 is 1.16 bits per heavy atom. The maximum atomic E-state index is 12.9. The van der Waals surface area contributed by atoms with Crippen molar-refractivity contribution in [2.75, 3.05) is 19.8 Å². The number of carbonyl (C=O) groups excluding carboxylic acids is 1. The van der Waals surface area contributed by atoms with Gasteiger partial charge in [0.1, 0.15) is 11.4 Å². The number of carbonyl (C=O) groups is 1. The SMILES string of the molecule is O=C(COc1ccc2ccccc2c1-c1ccc(C(F)(F)F)nc1)NCC1CCCO1. The summed E-state index contributed by atoms with van der Waals surface area (Å²) in [5, 5.41) is 4.48. The number of halogens is 3. The van der Waals surface area contributed by atoms with Crippen LogP contribution >= 0.6 is 0 Å². The molecule has 5 nitrogen and oxygen atoms in total. The van der Waals surface area contributed by atoms with Crippen LogP contribution in [0.2, 0.25) is 0 Å². The standard InChI is InChI=1S/C23H21F3N2O3/c24-23(25,26)20-10-8-16(12-27-20)22-18-6-2-1-4-15(18)7-9-19(22)31-14-21(29)28-13-17-5-3-11-30-17/h1-2,4,6-10,12,17H,3,5,11,13-14H2,(H,28,29). The molecule has 0 bridgehead atoms. The van der Waals surface area contributed by atoms with Gasteiger partial charge in [0.05, 0.1) is 6.10 Å². The fraction of sp³-hybridized carbons (Fsp3) is 0.304. The third kappa shape index (κ3) is 4.96. The van der Waals surface area contributed by atoms with Crippen LogP contribution < -0.4 is 10.1 Å². The third-order valence-electron chi connectivity index (χ3n) is 5.14. The smallest absolute Gasteiger partial charge is 0.433 e. The van der Waals surface area contributed by atoms with Crippen LogP contribution in [0.4, 0.5) is 13.2 Å². The number of amides is 1. The molecule has 31 heavy (non-hydrogen) atoms. The molecular weight excluding hydrogens is 409 g/mol. The Kier molecular flexibility index (Phi) is 6.08. The van der Waals surface area contributed by atoms with E-state index in [-0.39, 0.29) is 18.6 Å². The number of nitrogens with zero attached hydrogens (tertiary/aromatic N) is 1. The van der Waals surface area contributed by atoms with E-state index >= 15 is 0 Å². The zero-order valence-electron chi connectivity index (χ0n) is 16.6. The van der Waals surface area contributed by atoms with Crippen LogP contribution in [0.3, 0.4) is 0 Å². The fourth-order valence-electron chi connectivity index (χ4n) is 3.61. The lowest BCUT2D eigenvalue weighted by atomic mass is 9.98. The summed E-state index contributed by atoms with van der Waals surface area (Å²) in [6.07, 6.45) is -1.42. The van der Waals surface area contributed by atoms with Gasteiger partial charge in [0, 0.05) is 30.5 Å². The minimum absolute atomic E-state index is 0.0263. The second kappa shape index (κ2) is 8.93. The summed E-state index contributed by atoms with van der Waals surface area (Å²) in [6.45, 7) is 0.917. The fourth-order valence-corrected chi connectivity index (χ4v) is 3.61. The lowest BCUT2D eigenvalue weighted by Crippen LogP contribution is -2.35. The van der Waals surface area contributed by atoms with E-state index < -0.39 is 11.9 Å². The Labute approximate surface area is 177 Å². The first-order valence-electron chi connectivity index (χ1n) is 9.98. The summed E-state index contributed by atoms with van der Waals surface area (Å²) in [7, 11) is 0. The van der Waals surface area contributed by atoms with E-state index in [9.17, 15) is 18.0 Å². The van der Waals surface area contributed by atoms with Crippen LogP contribution in [0.25, 0.3) is 21.9 Å². The number of nitrogens with one attached hydrogen (secondary N) is 1. The van der Waals surface area contributed by atoms with Crippen molar-refractivity contribution in [3.05, 3.63) is 60.4 Å². The van der Waals surface area contributed by atoms with Crippen LogP contribution in [-0.2, 0) is 15.7 Å². The van der Waals surface area contributed by atoms with Gasteiger partial charge in [0.25, 0.3) is 5.91 Å². The number of hydrogen-bond donors (Lipinski definition) is 1. The van der Waals surface area contributed by atoms with Crippen LogP contribution in [0, 0.1) is 0 Å². The van der Waals surface area contributed by atoms with Crippen molar-refractivity contribution in [3.63, 3.8) is 0 Å². The summed E-state index contributed by atoms with van der Waals surface area (Å²) >= 11 is 0. The van der Waals surface area contributed by atoms with Gasteiger partial charge in [-0.2, -0.15) is 13.2 Å². The van der Waals surface area contributed by atoms with Crippen molar-refractivity contribution in [3.8, 4) is 16.9 Å². The van der Waals surface area contributed by atoms with Crippen molar-refractivity contribution < 1.29 is 27.4 Å². The van der Waals surface area contributed by atoms with Gasteiger partial charge >= 0.3 is 6.18 Å². The van der Waals surface area contributed by atoms with Crippen LogP contribution in [0.15, 0.2) is 54.7 Å². The first-order chi connectivity index (χ1) is 14.9. The summed E-state index contributed by atoms with van der Waals surface area (Å²) < 4.78 is 50.0. The zero-order valence-corrected chi connectivity index (χ0v) is 16.6. The molecule has 1 N–H and O–H groups in total.